The van der Waals surface area contributed by atoms with Gasteiger partial charge in [0.1, 0.15) is 0 Å². The summed E-state index contributed by atoms with van der Waals surface area (Å²) >= 11 is 0. The van der Waals surface area contributed by atoms with E-state index in [4.69, 9.17) is 6.42 Å². The van der Waals surface area contributed by atoms with E-state index in [0.29, 0.717) is 0 Å². The summed E-state index contributed by atoms with van der Waals surface area (Å²) in [5.41, 5.74) is 1.14. The summed E-state index contributed by atoms with van der Waals surface area (Å²) in [6, 6.07) is 5.00. The number of rotatable bonds is 2. The molecular formula is C19H17N3. The van der Waals surface area contributed by atoms with Gasteiger partial charge in [-0.25, -0.2) is 0 Å². The van der Waals surface area contributed by atoms with E-state index in [0.717, 1.165) is 30.5 Å². The quantitative estimate of drug-likeness (QED) is 0.619. The molecule has 3 heteroatoms. The van der Waals surface area contributed by atoms with Crippen molar-refractivity contribution in [3.05, 3.63) is 41.7 Å². The zero-order valence-corrected chi connectivity index (χ0v) is 12.6. The molecule has 1 aromatic rings. The maximum Gasteiger partial charge on any atom is 0.0873 e. The Labute approximate surface area is 131 Å². The molecule has 0 spiro atoms. The van der Waals surface area contributed by atoms with Crippen molar-refractivity contribution >= 4 is 0 Å². The summed E-state index contributed by atoms with van der Waals surface area (Å²) < 4.78 is 0. The van der Waals surface area contributed by atoms with Crippen LogP contribution in [0.3, 0.4) is 0 Å². The van der Waals surface area contributed by atoms with E-state index in [9.17, 15) is 5.26 Å². The van der Waals surface area contributed by atoms with Gasteiger partial charge in [-0.3, -0.25) is 9.88 Å². The monoisotopic (exact) mass is 287 g/mol. The number of aromatic nitrogens is 1. The molecule has 2 aliphatic rings. The molecule has 1 saturated heterocycles. The summed E-state index contributed by atoms with van der Waals surface area (Å²) in [7, 11) is 0. The second-order valence-corrected chi connectivity index (χ2v) is 5.83. The lowest BCUT2D eigenvalue weighted by atomic mass is 9.71. The Morgan fingerprint density at radius 2 is 2.09 bits per heavy atom. The van der Waals surface area contributed by atoms with Crippen molar-refractivity contribution in [1.82, 2.24) is 9.88 Å². The first-order chi connectivity index (χ1) is 10.7. The second kappa shape index (κ2) is 5.69. The Morgan fingerprint density at radius 1 is 1.36 bits per heavy atom. The highest BCUT2D eigenvalue weighted by atomic mass is 15.2. The van der Waals surface area contributed by atoms with Crippen LogP contribution in [0.25, 0.3) is 0 Å². The summed E-state index contributed by atoms with van der Waals surface area (Å²) in [6.45, 7) is 2.61. The van der Waals surface area contributed by atoms with Crippen LogP contribution in [0.4, 0.5) is 0 Å². The van der Waals surface area contributed by atoms with Crippen molar-refractivity contribution < 1.29 is 0 Å². The van der Waals surface area contributed by atoms with E-state index in [1.807, 2.05) is 13.0 Å². The maximum atomic E-state index is 9.88. The van der Waals surface area contributed by atoms with E-state index in [1.165, 1.54) is 0 Å². The van der Waals surface area contributed by atoms with E-state index < -0.39 is 5.41 Å². The van der Waals surface area contributed by atoms with Crippen LogP contribution in [0.2, 0.25) is 0 Å². The molecule has 108 valence electrons. The fraction of sp³-hybridized carbons (Fsp3) is 0.368. The minimum Gasteiger partial charge on any atom is -0.279 e. The number of nitrogens with zero attached hydrogens (tertiary/aromatic N) is 3. The summed E-state index contributed by atoms with van der Waals surface area (Å²) in [6.07, 6.45) is 14.8. The van der Waals surface area contributed by atoms with Crippen molar-refractivity contribution in [2.75, 3.05) is 6.54 Å². The van der Waals surface area contributed by atoms with E-state index in [-0.39, 0.29) is 12.1 Å². The van der Waals surface area contributed by atoms with Gasteiger partial charge in [0.25, 0.3) is 0 Å². The SMILES string of the molecule is C#Cc1cncc(C2(C#N)CC3C=CC(C2)N3CC#CC)c1. The molecule has 2 unspecified atom stereocenters. The fourth-order valence-corrected chi connectivity index (χ4v) is 3.47. The smallest absolute Gasteiger partial charge is 0.0873 e. The average Bonchev–Trinajstić information content (AvgIpc) is 2.81. The number of piperidine rings is 1. The van der Waals surface area contributed by atoms with Crippen LogP contribution in [0.15, 0.2) is 30.6 Å². The van der Waals surface area contributed by atoms with Gasteiger partial charge < -0.3 is 0 Å². The molecule has 1 fully saturated rings. The van der Waals surface area contributed by atoms with Crippen LogP contribution in [-0.4, -0.2) is 28.5 Å². The van der Waals surface area contributed by atoms with Crippen LogP contribution < -0.4 is 0 Å². The first kappa shape index (κ1) is 14.4. The fourth-order valence-electron chi connectivity index (χ4n) is 3.47. The molecule has 3 heterocycles. The van der Waals surface area contributed by atoms with Gasteiger partial charge in [0, 0.05) is 30.0 Å². The summed E-state index contributed by atoms with van der Waals surface area (Å²) in [5, 5.41) is 9.88. The molecule has 1 aromatic heterocycles. The Bertz CT molecular complexity index is 735. The van der Waals surface area contributed by atoms with Crippen LogP contribution >= 0.6 is 0 Å². The molecule has 2 bridgehead atoms. The Kier molecular flexibility index (Phi) is 3.72. The minimum absolute atomic E-state index is 0.258. The van der Waals surface area contributed by atoms with Crippen molar-refractivity contribution in [3.8, 4) is 30.3 Å². The third kappa shape index (κ3) is 2.29. The molecule has 0 aromatic carbocycles. The standard InChI is InChI=1S/C19H17N3/c1-3-5-8-22-17-6-7-18(22)11-19(10-17,14-20)16-9-15(4-2)12-21-13-16/h2,6-7,9,12-13,17-18H,8,10-11H2,1H3. The van der Waals surface area contributed by atoms with Gasteiger partial charge in [-0.1, -0.05) is 24.0 Å². The maximum absolute atomic E-state index is 9.88. The molecule has 0 aliphatic carbocycles. The van der Waals surface area contributed by atoms with Gasteiger partial charge in [-0.15, -0.1) is 12.3 Å². The molecule has 2 aliphatic heterocycles. The largest absolute Gasteiger partial charge is 0.279 e. The van der Waals surface area contributed by atoms with Crippen molar-refractivity contribution in [1.29, 1.82) is 5.26 Å². The first-order valence-electron chi connectivity index (χ1n) is 7.39. The number of terminal acetylenes is 1. The number of nitriles is 1. The van der Waals surface area contributed by atoms with E-state index >= 15 is 0 Å². The zero-order valence-electron chi connectivity index (χ0n) is 12.6. The highest BCUT2D eigenvalue weighted by Gasteiger charge is 2.47. The Morgan fingerprint density at radius 3 is 2.68 bits per heavy atom. The van der Waals surface area contributed by atoms with Gasteiger partial charge in [0.15, 0.2) is 0 Å². The van der Waals surface area contributed by atoms with Gasteiger partial charge in [-0.2, -0.15) is 5.26 Å². The molecule has 3 rings (SSSR count). The van der Waals surface area contributed by atoms with Gasteiger partial charge >= 0.3 is 0 Å². The molecule has 0 saturated carbocycles. The molecule has 0 amide bonds. The number of hydrogen-bond acceptors (Lipinski definition) is 3. The van der Waals surface area contributed by atoms with Crippen LogP contribution in [0, 0.1) is 35.5 Å². The lowest BCUT2D eigenvalue weighted by Gasteiger charge is -2.42. The van der Waals surface area contributed by atoms with Gasteiger partial charge in [-0.05, 0) is 31.4 Å². The number of fused-ring (bicyclic) bond motifs is 2. The molecular weight excluding hydrogens is 270 g/mol. The highest BCUT2D eigenvalue weighted by molar-refractivity contribution is 5.41. The van der Waals surface area contributed by atoms with Crippen molar-refractivity contribution in [2.24, 2.45) is 0 Å². The van der Waals surface area contributed by atoms with Crippen molar-refractivity contribution in [3.63, 3.8) is 0 Å². The average molecular weight is 287 g/mol. The Balaban J connectivity index is 1.92. The lowest BCUT2D eigenvalue weighted by molar-refractivity contribution is 0.135. The third-order valence-corrected chi connectivity index (χ3v) is 4.63. The number of pyridine rings is 1. The van der Waals surface area contributed by atoms with Crippen molar-refractivity contribution in [2.45, 2.75) is 37.3 Å². The first-order valence-corrected chi connectivity index (χ1v) is 7.39. The predicted molar refractivity (Wildman–Crippen MR) is 85.6 cm³/mol. The molecule has 3 nitrogen and oxygen atoms in total. The Hall–Kier alpha value is -2.54. The van der Waals surface area contributed by atoms with Gasteiger partial charge in [0.05, 0.1) is 18.0 Å². The summed E-state index contributed by atoms with van der Waals surface area (Å²) in [5.74, 6) is 8.69. The number of hydrogen-bond donors (Lipinski definition) is 0. The highest BCUT2D eigenvalue weighted by Crippen LogP contribution is 2.43. The van der Waals surface area contributed by atoms with E-state index in [2.05, 4.69) is 45.9 Å². The minimum atomic E-state index is -0.519. The molecule has 2 atom stereocenters. The molecule has 0 N–H and O–H groups in total. The topological polar surface area (TPSA) is 39.9 Å². The van der Waals surface area contributed by atoms with Crippen LogP contribution in [0.1, 0.15) is 30.9 Å². The zero-order chi connectivity index (χ0) is 15.6. The predicted octanol–water partition coefficient (Wildman–Crippen LogP) is 2.25. The van der Waals surface area contributed by atoms with Gasteiger partial charge in [0.2, 0.25) is 0 Å². The normalized spacial score (nSPS) is 29.2. The summed E-state index contributed by atoms with van der Waals surface area (Å²) in [4.78, 5) is 6.58. The second-order valence-electron chi connectivity index (χ2n) is 5.83. The van der Waals surface area contributed by atoms with Crippen LogP contribution in [-0.2, 0) is 5.41 Å². The molecule has 22 heavy (non-hydrogen) atoms. The van der Waals surface area contributed by atoms with Crippen LogP contribution in [0.5, 0.6) is 0 Å². The van der Waals surface area contributed by atoms with E-state index in [1.54, 1.807) is 12.4 Å². The molecule has 0 radical (unpaired) electrons. The lowest BCUT2D eigenvalue weighted by Crippen LogP contribution is -2.49. The third-order valence-electron chi connectivity index (χ3n) is 4.63.